The van der Waals surface area contributed by atoms with Gasteiger partial charge in [-0.1, -0.05) is 60.7 Å². The van der Waals surface area contributed by atoms with Gasteiger partial charge >= 0.3 is 5.97 Å². The highest BCUT2D eigenvalue weighted by Gasteiger charge is 2.29. The van der Waals surface area contributed by atoms with E-state index in [4.69, 9.17) is 4.74 Å². The van der Waals surface area contributed by atoms with Crippen LogP contribution in [0.2, 0.25) is 0 Å². The average molecular weight is 503 g/mol. The molecule has 188 valence electrons. The molecule has 1 unspecified atom stereocenters. The average Bonchev–Trinajstić information content (AvgIpc) is 3.41. The quantitative estimate of drug-likeness (QED) is 0.272. The van der Waals surface area contributed by atoms with Gasteiger partial charge in [-0.2, -0.15) is 5.10 Å². The van der Waals surface area contributed by atoms with E-state index in [1.54, 1.807) is 53.6 Å². The molecule has 0 aliphatic rings. The minimum Gasteiger partial charge on any atom is -0.444 e. The first-order valence-electron chi connectivity index (χ1n) is 12.2. The maximum absolute atomic E-state index is 13.7. The molecule has 1 atom stereocenters. The molecule has 0 aliphatic heterocycles. The number of ether oxygens (including phenoxy) is 1. The monoisotopic (exact) mass is 502 g/mol. The molecule has 1 N–H and O–H groups in total. The van der Waals surface area contributed by atoms with E-state index in [9.17, 15) is 9.59 Å². The number of pyridine rings is 1. The summed E-state index contributed by atoms with van der Waals surface area (Å²) in [4.78, 5) is 31.4. The summed E-state index contributed by atoms with van der Waals surface area (Å²) in [6, 6.07) is 27.8. The van der Waals surface area contributed by atoms with Gasteiger partial charge in [-0.3, -0.25) is 9.78 Å². The van der Waals surface area contributed by atoms with Crippen molar-refractivity contribution < 1.29 is 14.3 Å². The third kappa shape index (κ3) is 5.37. The van der Waals surface area contributed by atoms with Gasteiger partial charge in [-0.05, 0) is 55.3 Å². The predicted octanol–water partition coefficient (Wildman–Crippen LogP) is 6.09. The first kappa shape index (κ1) is 24.6. The number of nitrogens with zero attached hydrogens (tertiary/aromatic N) is 3. The Morgan fingerprint density at radius 1 is 0.895 bits per heavy atom. The van der Waals surface area contributed by atoms with Gasteiger partial charge in [-0.25, -0.2) is 9.48 Å². The van der Waals surface area contributed by atoms with Crippen LogP contribution < -0.4 is 5.32 Å². The van der Waals surface area contributed by atoms with Crippen LogP contribution in [0.1, 0.15) is 33.2 Å². The van der Waals surface area contributed by atoms with Crippen LogP contribution in [0.3, 0.4) is 0 Å². The number of carbonyl (C=O) groups is 2. The highest BCUT2D eigenvalue weighted by atomic mass is 16.5. The fourth-order valence-electron chi connectivity index (χ4n) is 4.09. The molecule has 0 aliphatic carbocycles. The Balaban J connectivity index is 1.51. The van der Waals surface area contributed by atoms with E-state index < -0.39 is 18.0 Å². The number of aromatic nitrogens is 3. The Hall–Kier alpha value is -5.04. The van der Waals surface area contributed by atoms with Gasteiger partial charge in [0.15, 0.2) is 0 Å². The zero-order valence-corrected chi connectivity index (χ0v) is 21.0. The smallest absolute Gasteiger partial charge is 0.343 e. The van der Waals surface area contributed by atoms with Crippen molar-refractivity contribution in [3.63, 3.8) is 0 Å². The fourth-order valence-corrected chi connectivity index (χ4v) is 4.09. The Morgan fingerprint density at radius 3 is 2.34 bits per heavy atom. The summed E-state index contributed by atoms with van der Waals surface area (Å²) in [5.41, 5.74) is 5.21. The molecule has 38 heavy (non-hydrogen) atoms. The molecule has 0 spiro atoms. The second-order valence-electron chi connectivity index (χ2n) is 8.92. The van der Waals surface area contributed by atoms with Crippen molar-refractivity contribution in [2.45, 2.75) is 20.0 Å². The second-order valence-corrected chi connectivity index (χ2v) is 8.92. The van der Waals surface area contributed by atoms with E-state index in [0.29, 0.717) is 22.5 Å². The van der Waals surface area contributed by atoms with E-state index in [1.807, 2.05) is 74.5 Å². The molecular weight excluding hydrogens is 476 g/mol. The van der Waals surface area contributed by atoms with Crippen LogP contribution in [0.15, 0.2) is 110 Å². The van der Waals surface area contributed by atoms with Crippen LogP contribution in [0.25, 0.3) is 16.9 Å². The van der Waals surface area contributed by atoms with Crippen LogP contribution in [-0.2, 0) is 9.53 Å². The lowest BCUT2D eigenvalue weighted by atomic mass is 10.1. The summed E-state index contributed by atoms with van der Waals surface area (Å²) in [6.07, 6.45) is 3.73. The van der Waals surface area contributed by atoms with E-state index in [0.717, 1.165) is 16.8 Å². The van der Waals surface area contributed by atoms with Crippen LogP contribution in [0.5, 0.6) is 0 Å². The van der Waals surface area contributed by atoms with E-state index in [-0.39, 0.29) is 5.56 Å². The topological polar surface area (TPSA) is 86.1 Å². The second kappa shape index (κ2) is 10.9. The molecule has 0 bridgehead atoms. The number of para-hydroxylation sites is 1. The van der Waals surface area contributed by atoms with E-state index in [1.165, 1.54) is 0 Å². The number of hydrogen-bond donors (Lipinski definition) is 1. The fraction of sp³-hybridized carbons (Fsp3) is 0.0968. The third-order valence-corrected chi connectivity index (χ3v) is 6.11. The van der Waals surface area contributed by atoms with Crippen molar-refractivity contribution in [2.75, 3.05) is 5.32 Å². The lowest BCUT2D eigenvalue weighted by Gasteiger charge is -2.19. The summed E-state index contributed by atoms with van der Waals surface area (Å²) < 4.78 is 7.53. The van der Waals surface area contributed by atoms with Crippen LogP contribution in [0, 0.1) is 13.8 Å². The van der Waals surface area contributed by atoms with Crippen molar-refractivity contribution in [2.24, 2.45) is 0 Å². The molecule has 0 saturated carbocycles. The molecule has 1 amide bonds. The number of aryl methyl sites for hydroxylation is 2. The van der Waals surface area contributed by atoms with Crippen molar-refractivity contribution in [1.29, 1.82) is 0 Å². The summed E-state index contributed by atoms with van der Waals surface area (Å²) in [5, 5.41) is 7.60. The zero-order chi connectivity index (χ0) is 26.5. The van der Waals surface area contributed by atoms with Crippen LogP contribution in [-0.4, -0.2) is 26.6 Å². The molecule has 5 rings (SSSR count). The third-order valence-electron chi connectivity index (χ3n) is 6.11. The molecule has 0 fully saturated rings. The molecule has 7 heteroatoms. The van der Waals surface area contributed by atoms with Crippen molar-refractivity contribution in [3.05, 3.63) is 132 Å². The van der Waals surface area contributed by atoms with Gasteiger partial charge in [0.05, 0.1) is 5.69 Å². The van der Waals surface area contributed by atoms with Crippen LogP contribution in [0.4, 0.5) is 5.69 Å². The van der Waals surface area contributed by atoms with Crippen molar-refractivity contribution >= 4 is 17.6 Å². The maximum atomic E-state index is 13.7. The number of carbonyl (C=O) groups excluding carboxylic acids is 2. The van der Waals surface area contributed by atoms with Gasteiger partial charge in [-0.15, -0.1) is 0 Å². The Kier molecular flexibility index (Phi) is 7.08. The van der Waals surface area contributed by atoms with Gasteiger partial charge in [0.1, 0.15) is 11.3 Å². The lowest BCUT2D eigenvalue weighted by Crippen LogP contribution is -2.26. The number of rotatable bonds is 7. The number of benzene rings is 3. The number of hydrogen-bond acceptors (Lipinski definition) is 5. The SMILES string of the molecule is Cc1ccc(C)c(NC(=O)C(OC(=O)c2cn(-c3ccccc3)nc2-c2cccnc2)c2ccccc2)c1. The molecule has 0 radical (unpaired) electrons. The Morgan fingerprint density at radius 2 is 1.63 bits per heavy atom. The molecule has 2 heterocycles. The normalized spacial score (nSPS) is 11.5. The van der Waals surface area contributed by atoms with E-state index in [2.05, 4.69) is 15.4 Å². The number of amides is 1. The van der Waals surface area contributed by atoms with Crippen LogP contribution >= 0.6 is 0 Å². The Bertz CT molecular complexity index is 1570. The highest BCUT2D eigenvalue weighted by molar-refractivity contribution is 6.00. The molecule has 5 aromatic rings. The summed E-state index contributed by atoms with van der Waals surface area (Å²) in [6.45, 7) is 3.87. The first-order chi connectivity index (χ1) is 18.5. The molecular formula is C31H26N4O3. The van der Waals surface area contributed by atoms with E-state index >= 15 is 0 Å². The summed E-state index contributed by atoms with van der Waals surface area (Å²) >= 11 is 0. The van der Waals surface area contributed by atoms with Crippen molar-refractivity contribution in [1.82, 2.24) is 14.8 Å². The predicted molar refractivity (Wildman–Crippen MR) is 146 cm³/mol. The molecule has 3 aromatic carbocycles. The number of esters is 1. The zero-order valence-electron chi connectivity index (χ0n) is 21.0. The highest BCUT2D eigenvalue weighted by Crippen LogP contribution is 2.28. The van der Waals surface area contributed by atoms with Gasteiger partial charge in [0, 0.05) is 35.4 Å². The largest absolute Gasteiger partial charge is 0.444 e. The molecule has 2 aromatic heterocycles. The van der Waals surface area contributed by atoms with Gasteiger partial charge in [0.25, 0.3) is 5.91 Å². The lowest BCUT2D eigenvalue weighted by molar-refractivity contribution is -0.125. The number of anilines is 1. The standard InChI is InChI=1S/C31H26N4O3/c1-21-15-16-22(2)27(18-21)33-30(36)29(23-10-5-3-6-11-23)38-31(37)26-20-35(25-13-7-4-8-14-25)34-28(26)24-12-9-17-32-19-24/h3-20,29H,1-2H3,(H,33,36). The summed E-state index contributed by atoms with van der Waals surface area (Å²) in [5.74, 6) is -1.12. The minimum atomic E-state index is -1.18. The maximum Gasteiger partial charge on any atom is 0.343 e. The van der Waals surface area contributed by atoms with Gasteiger partial charge < -0.3 is 10.1 Å². The minimum absolute atomic E-state index is 0.224. The first-order valence-corrected chi connectivity index (χ1v) is 12.2. The molecule has 7 nitrogen and oxygen atoms in total. The molecule has 0 saturated heterocycles. The van der Waals surface area contributed by atoms with Crippen molar-refractivity contribution in [3.8, 4) is 16.9 Å². The summed E-state index contributed by atoms with van der Waals surface area (Å²) in [7, 11) is 0. The number of nitrogens with one attached hydrogen (secondary N) is 1. The van der Waals surface area contributed by atoms with Gasteiger partial charge in [0.2, 0.25) is 6.10 Å². The Labute approximate surface area is 220 Å².